The zero-order valence-electron chi connectivity index (χ0n) is 17.5. The Kier molecular flexibility index (Phi) is 6.16. The number of pyridine rings is 1. The fraction of sp³-hybridized carbons (Fsp3) is 0.476. The largest absolute Gasteiger partial charge is 0.385 e. The van der Waals surface area contributed by atoms with E-state index in [0.717, 1.165) is 53.2 Å². The van der Waals surface area contributed by atoms with Crippen molar-refractivity contribution in [2.45, 2.75) is 38.8 Å². The predicted molar refractivity (Wildman–Crippen MR) is 119 cm³/mol. The summed E-state index contributed by atoms with van der Waals surface area (Å²) in [6.45, 7) is 5.37. The highest BCUT2D eigenvalue weighted by molar-refractivity contribution is 6.37. The van der Waals surface area contributed by atoms with E-state index in [1.54, 1.807) is 20.3 Å². The van der Waals surface area contributed by atoms with Crippen molar-refractivity contribution >= 4 is 45.7 Å². The molecule has 0 bridgehead atoms. The van der Waals surface area contributed by atoms with Crippen LogP contribution in [0.5, 0.6) is 0 Å². The Labute approximate surface area is 185 Å². The van der Waals surface area contributed by atoms with Crippen LogP contribution in [0.25, 0.3) is 11.0 Å². The molecular formula is C21H25Cl2N5O2. The maximum atomic E-state index is 6.56. The molecule has 0 spiro atoms. The smallest absolute Gasteiger partial charge is 0.163 e. The molecule has 0 radical (unpaired) electrons. The Morgan fingerprint density at radius 1 is 1.20 bits per heavy atom. The molecule has 1 aliphatic heterocycles. The van der Waals surface area contributed by atoms with E-state index in [4.69, 9.17) is 37.7 Å². The number of hydrogen-bond acceptors (Lipinski definition) is 6. The van der Waals surface area contributed by atoms with E-state index in [-0.39, 0.29) is 12.1 Å². The zero-order valence-corrected chi connectivity index (χ0v) is 19.0. The minimum atomic E-state index is -0.0499. The lowest BCUT2D eigenvalue weighted by Crippen LogP contribution is -2.26. The Balaban J connectivity index is 1.83. The molecule has 30 heavy (non-hydrogen) atoms. The van der Waals surface area contributed by atoms with Crippen LogP contribution in [0.1, 0.15) is 30.6 Å². The second-order valence-corrected chi connectivity index (χ2v) is 8.42. The van der Waals surface area contributed by atoms with Gasteiger partial charge in [-0.2, -0.15) is 0 Å². The van der Waals surface area contributed by atoms with E-state index < -0.39 is 0 Å². The quantitative estimate of drug-likeness (QED) is 0.518. The van der Waals surface area contributed by atoms with E-state index >= 15 is 0 Å². The minimum Gasteiger partial charge on any atom is -0.385 e. The number of fused-ring (bicyclic) bond motifs is 2. The van der Waals surface area contributed by atoms with Crippen molar-refractivity contribution in [1.82, 2.24) is 20.0 Å². The molecule has 3 aromatic rings. The standard InChI is InChI=1S/C21H25Cl2N5O2/c1-12-9-18-19(25-26-28(18)17(6-8-29-3)13(2)30-4)21(24-12)27-7-5-14-10-15(22)11-16(23)20(14)27/h9-11,13,17H,5-8H2,1-4H3. The fourth-order valence-corrected chi connectivity index (χ4v) is 4.73. The Morgan fingerprint density at radius 3 is 2.73 bits per heavy atom. The minimum absolute atomic E-state index is 0.0112. The van der Waals surface area contributed by atoms with Gasteiger partial charge in [-0.25, -0.2) is 9.67 Å². The summed E-state index contributed by atoms with van der Waals surface area (Å²) in [6, 6.07) is 5.74. The van der Waals surface area contributed by atoms with Crippen LogP contribution < -0.4 is 4.90 Å². The van der Waals surface area contributed by atoms with Crippen molar-refractivity contribution in [3.05, 3.63) is 39.5 Å². The van der Waals surface area contributed by atoms with Gasteiger partial charge in [0.2, 0.25) is 0 Å². The number of halogens is 2. The van der Waals surface area contributed by atoms with Crippen molar-refractivity contribution in [3.63, 3.8) is 0 Å². The lowest BCUT2D eigenvalue weighted by molar-refractivity contribution is 0.0509. The summed E-state index contributed by atoms with van der Waals surface area (Å²) in [5, 5.41) is 10.3. The van der Waals surface area contributed by atoms with Crippen LogP contribution in [0, 0.1) is 6.92 Å². The van der Waals surface area contributed by atoms with Gasteiger partial charge in [0.1, 0.15) is 0 Å². The molecule has 9 heteroatoms. The number of aromatic nitrogens is 4. The molecule has 0 fully saturated rings. The van der Waals surface area contributed by atoms with Crippen molar-refractivity contribution in [2.24, 2.45) is 0 Å². The van der Waals surface area contributed by atoms with Gasteiger partial charge < -0.3 is 14.4 Å². The second-order valence-electron chi connectivity index (χ2n) is 7.58. The molecule has 1 aliphatic rings. The molecule has 0 saturated heterocycles. The van der Waals surface area contributed by atoms with Crippen LogP contribution in [0.2, 0.25) is 10.0 Å². The van der Waals surface area contributed by atoms with Gasteiger partial charge in [0.25, 0.3) is 0 Å². The Morgan fingerprint density at radius 2 is 2.00 bits per heavy atom. The second kappa shape index (κ2) is 8.67. The van der Waals surface area contributed by atoms with Gasteiger partial charge in [0.05, 0.1) is 28.4 Å². The summed E-state index contributed by atoms with van der Waals surface area (Å²) in [5.41, 5.74) is 4.60. The molecule has 0 N–H and O–H groups in total. The highest BCUT2D eigenvalue weighted by atomic mass is 35.5. The third-order valence-corrected chi connectivity index (χ3v) is 6.16. The summed E-state index contributed by atoms with van der Waals surface area (Å²) >= 11 is 12.8. The number of methoxy groups -OCH3 is 2. The SMILES string of the molecule is COCCC(C(C)OC)n1nnc2c(N3CCc4cc(Cl)cc(Cl)c43)nc(C)cc21. The summed E-state index contributed by atoms with van der Waals surface area (Å²) in [5.74, 6) is 0.759. The van der Waals surface area contributed by atoms with Crippen LogP contribution >= 0.6 is 23.2 Å². The van der Waals surface area contributed by atoms with E-state index in [1.807, 2.05) is 30.7 Å². The lowest BCUT2D eigenvalue weighted by atomic mass is 10.1. The first kappa shape index (κ1) is 21.3. The first-order chi connectivity index (χ1) is 14.4. The average molecular weight is 450 g/mol. The Bertz CT molecular complexity index is 1070. The number of hydrogen-bond donors (Lipinski definition) is 0. The normalized spacial score (nSPS) is 15.6. The summed E-state index contributed by atoms with van der Waals surface area (Å²) < 4.78 is 12.9. The fourth-order valence-electron chi connectivity index (χ4n) is 4.10. The molecule has 3 heterocycles. The molecular weight excluding hydrogens is 425 g/mol. The molecule has 4 rings (SSSR count). The molecule has 2 atom stereocenters. The van der Waals surface area contributed by atoms with Crippen LogP contribution in [0.15, 0.2) is 18.2 Å². The van der Waals surface area contributed by atoms with E-state index in [1.165, 1.54) is 0 Å². The van der Waals surface area contributed by atoms with Crippen LogP contribution in [-0.4, -0.2) is 53.5 Å². The summed E-state index contributed by atoms with van der Waals surface area (Å²) in [7, 11) is 3.40. The van der Waals surface area contributed by atoms with Crippen molar-refractivity contribution in [2.75, 3.05) is 32.3 Å². The number of nitrogens with zero attached hydrogens (tertiary/aromatic N) is 5. The number of rotatable bonds is 7. The molecule has 160 valence electrons. The number of aryl methyl sites for hydroxylation is 1. The first-order valence-corrected chi connectivity index (χ1v) is 10.7. The van der Waals surface area contributed by atoms with Crippen molar-refractivity contribution in [3.8, 4) is 0 Å². The van der Waals surface area contributed by atoms with Gasteiger partial charge in [-0.1, -0.05) is 28.4 Å². The lowest BCUT2D eigenvalue weighted by Gasteiger charge is -2.24. The van der Waals surface area contributed by atoms with Crippen LogP contribution in [0.4, 0.5) is 11.5 Å². The average Bonchev–Trinajstić information content (AvgIpc) is 3.32. The number of benzene rings is 1. The molecule has 1 aromatic carbocycles. The molecule has 0 saturated carbocycles. The summed E-state index contributed by atoms with van der Waals surface area (Å²) in [4.78, 5) is 6.93. The van der Waals surface area contributed by atoms with Gasteiger partial charge in [0.15, 0.2) is 11.3 Å². The monoisotopic (exact) mass is 449 g/mol. The maximum absolute atomic E-state index is 6.56. The van der Waals surface area contributed by atoms with Crippen molar-refractivity contribution in [1.29, 1.82) is 0 Å². The third kappa shape index (κ3) is 3.75. The number of ether oxygens (including phenoxy) is 2. The Hall–Kier alpha value is -1.93. The molecule has 2 aromatic heterocycles. The van der Waals surface area contributed by atoms with Crippen LogP contribution in [-0.2, 0) is 15.9 Å². The molecule has 0 amide bonds. The first-order valence-electron chi connectivity index (χ1n) is 9.94. The van der Waals surface area contributed by atoms with Gasteiger partial charge in [-0.3, -0.25) is 0 Å². The van der Waals surface area contributed by atoms with E-state index in [9.17, 15) is 0 Å². The third-order valence-electron chi connectivity index (χ3n) is 5.65. The maximum Gasteiger partial charge on any atom is 0.163 e. The molecule has 2 unspecified atom stereocenters. The zero-order chi connectivity index (χ0) is 21.4. The predicted octanol–water partition coefficient (Wildman–Crippen LogP) is 4.75. The van der Waals surface area contributed by atoms with Crippen molar-refractivity contribution < 1.29 is 9.47 Å². The van der Waals surface area contributed by atoms with Gasteiger partial charge in [0, 0.05) is 38.1 Å². The molecule has 0 aliphatic carbocycles. The van der Waals surface area contributed by atoms with E-state index in [0.29, 0.717) is 16.7 Å². The van der Waals surface area contributed by atoms with Gasteiger partial charge in [-0.15, -0.1) is 5.10 Å². The van der Waals surface area contributed by atoms with Gasteiger partial charge in [-0.05, 0) is 50.5 Å². The summed E-state index contributed by atoms with van der Waals surface area (Å²) in [6.07, 6.45) is 1.56. The number of anilines is 2. The molecule has 7 nitrogen and oxygen atoms in total. The topological polar surface area (TPSA) is 65.3 Å². The highest BCUT2D eigenvalue weighted by Crippen LogP contribution is 2.43. The highest BCUT2D eigenvalue weighted by Gasteiger charge is 2.29. The van der Waals surface area contributed by atoms with Crippen LogP contribution in [0.3, 0.4) is 0 Å². The van der Waals surface area contributed by atoms with E-state index in [2.05, 4.69) is 15.2 Å². The van der Waals surface area contributed by atoms with Gasteiger partial charge >= 0.3 is 0 Å².